The number of aryl methyl sites for hydroxylation is 1. The van der Waals surface area contributed by atoms with Crippen molar-refractivity contribution in [1.29, 1.82) is 0 Å². The van der Waals surface area contributed by atoms with Gasteiger partial charge in [0.1, 0.15) is 0 Å². The molecule has 0 saturated carbocycles. The fourth-order valence-corrected chi connectivity index (χ4v) is 1.95. The summed E-state index contributed by atoms with van der Waals surface area (Å²) in [7, 11) is 1.96. The quantitative estimate of drug-likeness (QED) is 0.853. The molecule has 1 N–H and O–H groups in total. The predicted molar refractivity (Wildman–Crippen MR) is 70.3 cm³/mol. The normalized spacial score (nSPS) is 10.9. The molecule has 0 atom stereocenters. The van der Waals surface area contributed by atoms with E-state index in [1.54, 1.807) is 13.8 Å². The minimum Gasteiger partial charge on any atom is -0.478 e. The second-order valence-corrected chi connectivity index (χ2v) is 4.48. The zero-order chi connectivity index (χ0) is 13.9. The molecule has 0 unspecified atom stereocenters. The highest BCUT2D eigenvalue weighted by atomic mass is 16.4. The first-order valence-electron chi connectivity index (χ1n) is 6.01. The van der Waals surface area contributed by atoms with E-state index < -0.39 is 5.97 Å². The maximum Gasteiger partial charge on any atom is 0.337 e. The van der Waals surface area contributed by atoms with Gasteiger partial charge in [-0.1, -0.05) is 6.92 Å². The number of rotatable bonds is 5. The van der Waals surface area contributed by atoms with Gasteiger partial charge in [0.25, 0.3) is 5.56 Å². The monoisotopic (exact) mass is 252 g/mol. The van der Waals surface area contributed by atoms with Crippen molar-refractivity contribution in [2.75, 3.05) is 20.1 Å². The first-order valence-corrected chi connectivity index (χ1v) is 6.01. The second kappa shape index (κ2) is 5.82. The molecule has 0 spiro atoms. The lowest BCUT2D eigenvalue weighted by molar-refractivity contribution is 0.0694. The average molecular weight is 252 g/mol. The number of pyridine rings is 1. The molecular formula is C13H20N2O3. The third-order valence-electron chi connectivity index (χ3n) is 3.23. The van der Waals surface area contributed by atoms with Crippen molar-refractivity contribution in [1.82, 2.24) is 9.47 Å². The van der Waals surface area contributed by atoms with Gasteiger partial charge < -0.3 is 14.6 Å². The number of carboxylic acids is 1. The lowest BCUT2D eigenvalue weighted by atomic mass is 10.1. The van der Waals surface area contributed by atoms with Gasteiger partial charge in [-0.2, -0.15) is 0 Å². The Balaban J connectivity index is 3.16. The van der Waals surface area contributed by atoms with Gasteiger partial charge in [0.05, 0.1) is 5.56 Å². The van der Waals surface area contributed by atoms with E-state index in [1.807, 2.05) is 14.0 Å². The summed E-state index contributed by atoms with van der Waals surface area (Å²) in [5.74, 6) is -0.984. The number of hydrogen-bond donors (Lipinski definition) is 1. The van der Waals surface area contributed by atoms with Gasteiger partial charge in [0.15, 0.2) is 0 Å². The fourth-order valence-electron chi connectivity index (χ4n) is 1.95. The summed E-state index contributed by atoms with van der Waals surface area (Å²) in [5, 5.41) is 9.16. The van der Waals surface area contributed by atoms with E-state index in [2.05, 4.69) is 4.90 Å². The molecule has 18 heavy (non-hydrogen) atoms. The summed E-state index contributed by atoms with van der Waals surface area (Å²) < 4.78 is 1.53. The van der Waals surface area contributed by atoms with E-state index >= 15 is 0 Å². The molecule has 0 saturated heterocycles. The minimum absolute atomic E-state index is 0.139. The van der Waals surface area contributed by atoms with Gasteiger partial charge in [-0.05, 0) is 33.0 Å². The van der Waals surface area contributed by atoms with Crippen molar-refractivity contribution >= 4 is 5.97 Å². The van der Waals surface area contributed by atoms with Gasteiger partial charge >= 0.3 is 5.97 Å². The maximum atomic E-state index is 11.9. The van der Waals surface area contributed by atoms with Crippen molar-refractivity contribution in [3.63, 3.8) is 0 Å². The molecule has 1 rings (SSSR count). The van der Waals surface area contributed by atoms with Crippen LogP contribution in [0.25, 0.3) is 0 Å². The molecule has 0 bridgehead atoms. The first kappa shape index (κ1) is 14.4. The lowest BCUT2D eigenvalue weighted by Crippen LogP contribution is -2.31. The van der Waals surface area contributed by atoms with E-state index in [9.17, 15) is 9.59 Å². The van der Waals surface area contributed by atoms with Crippen molar-refractivity contribution in [3.05, 3.63) is 33.2 Å². The smallest absolute Gasteiger partial charge is 0.337 e. The van der Waals surface area contributed by atoms with Crippen LogP contribution in [-0.2, 0) is 6.54 Å². The molecule has 0 aliphatic rings. The molecule has 0 fully saturated rings. The summed E-state index contributed by atoms with van der Waals surface area (Å²) in [6.45, 7) is 7.50. The summed E-state index contributed by atoms with van der Waals surface area (Å²) in [6.07, 6.45) is 0. The molecule has 0 aromatic carbocycles. The highest BCUT2D eigenvalue weighted by Crippen LogP contribution is 2.11. The van der Waals surface area contributed by atoms with Crippen LogP contribution in [0.2, 0.25) is 0 Å². The third-order valence-corrected chi connectivity index (χ3v) is 3.23. The van der Waals surface area contributed by atoms with Crippen LogP contribution < -0.4 is 5.56 Å². The Morgan fingerprint density at radius 1 is 1.44 bits per heavy atom. The highest BCUT2D eigenvalue weighted by molar-refractivity contribution is 5.90. The fraction of sp³-hybridized carbons (Fsp3) is 0.538. The highest BCUT2D eigenvalue weighted by Gasteiger charge is 2.15. The number of likely N-dealkylation sites (N-methyl/N-ethyl adjacent to an activating group) is 1. The maximum absolute atomic E-state index is 11.9. The Morgan fingerprint density at radius 3 is 2.56 bits per heavy atom. The van der Waals surface area contributed by atoms with Crippen LogP contribution in [-0.4, -0.2) is 40.7 Å². The Kier molecular flexibility index (Phi) is 4.67. The van der Waals surface area contributed by atoms with Crippen molar-refractivity contribution in [3.8, 4) is 0 Å². The molecule has 0 amide bonds. The zero-order valence-corrected chi connectivity index (χ0v) is 11.4. The third kappa shape index (κ3) is 2.98. The van der Waals surface area contributed by atoms with Crippen LogP contribution in [0.15, 0.2) is 10.9 Å². The van der Waals surface area contributed by atoms with Crippen LogP contribution in [0.5, 0.6) is 0 Å². The number of nitrogens with zero attached hydrogens (tertiary/aromatic N) is 2. The molecule has 1 heterocycles. The van der Waals surface area contributed by atoms with Crippen molar-refractivity contribution < 1.29 is 9.90 Å². The molecule has 0 aliphatic heterocycles. The molecule has 0 radical (unpaired) electrons. The Morgan fingerprint density at radius 2 is 2.06 bits per heavy atom. The minimum atomic E-state index is -0.984. The average Bonchev–Trinajstić information content (AvgIpc) is 2.27. The number of hydrogen-bond acceptors (Lipinski definition) is 3. The SMILES string of the molecule is CCN(C)CCn1c(C)c(C(=O)O)c(C)cc1=O. The van der Waals surface area contributed by atoms with Crippen molar-refractivity contribution in [2.24, 2.45) is 0 Å². The Bertz CT molecular complexity index is 506. The summed E-state index contributed by atoms with van der Waals surface area (Å²) in [6, 6.07) is 1.39. The summed E-state index contributed by atoms with van der Waals surface area (Å²) in [5.41, 5.74) is 1.13. The second-order valence-electron chi connectivity index (χ2n) is 4.48. The molecule has 5 nitrogen and oxygen atoms in total. The molecule has 5 heteroatoms. The number of aromatic carboxylic acids is 1. The van der Waals surface area contributed by atoms with E-state index in [1.165, 1.54) is 10.6 Å². The molecule has 100 valence electrons. The van der Waals surface area contributed by atoms with Crippen LogP contribution in [0.3, 0.4) is 0 Å². The van der Waals surface area contributed by atoms with Gasteiger partial charge in [-0.25, -0.2) is 4.79 Å². The first-order chi connectivity index (χ1) is 8.38. The van der Waals surface area contributed by atoms with Gasteiger partial charge in [0.2, 0.25) is 0 Å². The summed E-state index contributed by atoms with van der Waals surface area (Å²) >= 11 is 0. The van der Waals surface area contributed by atoms with Gasteiger partial charge in [-0.15, -0.1) is 0 Å². The Labute approximate surface area is 107 Å². The zero-order valence-electron chi connectivity index (χ0n) is 11.4. The largest absolute Gasteiger partial charge is 0.478 e. The van der Waals surface area contributed by atoms with Crippen molar-refractivity contribution in [2.45, 2.75) is 27.3 Å². The standard InChI is InChI=1S/C13H20N2O3/c1-5-14(4)6-7-15-10(3)12(13(17)18)9(2)8-11(15)16/h8H,5-7H2,1-4H3,(H,17,18). The molecule has 1 aromatic rings. The molecule has 1 aromatic heterocycles. The molecule has 0 aliphatic carbocycles. The number of carbonyl (C=O) groups is 1. The summed E-state index contributed by atoms with van der Waals surface area (Å²) in [4.78, 5) is 25.1. The van der Waals surface area contributed by atoms with Gasteiger partial charge in [-0.3, -0.25) is 4.79 Å². The topological polar surface area (TPSA) is 62.5 Å². The number of aromatic nitrogens is 1. The Hall–Kier alpha value is -1.62. The lowest BCUT2D eigenvalue weighted by Gasteiger charge is -2.18. The van der Waals surface area contributed by atoms with E-state index in [0.29, 0.717) is 17.8 Å². The van der Waals surface area contributed by atoms with Crippen LogP contribution in [0.1, 0.15) is 28.5 Å². The van der Waals surface area contributed by atoms with E-state index in [-0.39, 0.29) is 11.1 Å². The molecular weight excluding hydrogens is 232 g/mol. The predicted octanol–water partition coefficient (Wildman–Crippen LogP) is 1.12. The van der Waals surface area contributed by atoms with E-state index in [0.717, 1.165) is 13.1 Å². The number of carboxylic acid groups (broad SMARTS) is 1. The van der Waals surface area contributed by atoms with Crippen LogP contribution >= 0.6 is 0 Å². The van der Waals surface area contributed by atoms with E-state index in [4.69, 9.17) is 5.11 Å². The van der Waals surface area contributed by atoms with Crippen LogP contribution in [0.4, 0.5) is 0 Å². The van der Waals surface area contributed by atoms with Crippen LogP contribution in [0, 0.1) is 13.8 Å². The van der Waals surface area contributed by atoms with Gasteiger partial charge in [0, 0.05) is 24.8 Å².